The summed E-state index contributed by atoms with van der Waals surface area (Å²) in [5, 5.41) is 2.87. The van der Waals surface area contributed by atoms with Crippen molar-refractivity contribution < 1.29 is 13.9 Å². The first kappa shape index (κ1) is 11.8. The zero-order chi connectivity index (χ0) is 11.1. The summed E-state index contributed by atoms with van der Waals surface area (Å²) in [4.78, 5) is 11.5. The van der Waals surface area contributed by atoms with Gasteiger partial charge < -0.3 is 10.1 Å². The number of benzene rings is 1. The van der Waals surface area contributed by atoms with Crippen molar-refractivity contribution in [3.05, 3.63) is 35.6 Å². The van der Waals surface area contributed by atoms with Gasteiger partial charge in [-0.05, 0) is 12.1 Å². The Morgan fingerprint density at radius 1 is 1.47 bits per heavy atom. The highest BCUT2D eigenvalue weighted by atomic mass is 19.1. The van der Waals surface area contributed by atoms with Crippen molar-refractivity contribution >= 4 is 5.78 Å². The van der Waals surface area contributed by atoms with Gasteiger partial charge in [0.15, 0.2) is 5.78 Å². The van der Waals surface area contributed by atoms with E-state index in [2.05, 4.69) is 5.32 Å². The van der Waals surface area contributed by atoms with Crippen LogP contribution in [0.1, 0.15) is 10.4 Å². The summed E-state index contributed by atoms with van der Waals surface area (Å²) in [6.07, 6.45) is 0. The zero-order valence-electron chi connectivity index (χ0n) is 8.63. The molecular weight excluding hydrogens is 197 g/mol. The summed E-state index contributed by atoms with van der Waals surface area (Å²) < 4.78 is 17.9. The van der Waals surface area contributed by atoms with Gasteiger partial charge in [-0.1, -0.05) is 12.1 Å². The Kier molecular flexibility index (Phi) is 4.93. The van der Waals surface area contributed by atoms with E-state index in [1.165, 1.54) is 12.1 Å². The number of methoxy groups -OCH3 is 1. The van der Waals surface area contributed by atoms with Gasteiger partial charge in [0.1, 0.15) is 5.82 Å². The second kappa shape index (κ2) is 6.27. The van der Waals surface area contributed by atoms with Crippen molar-refractivity contribution in [2.45, 2.75) is 0 Å². The lowest BCUT2D eigenvalue weighted by Crippen LogP contribution is -2.26. The monoisotopic (exact) mass is 211 g/mol. The number of Topliss-reactive ketones (excluding diaryl/α,β-unsaturated/α-hetero) is 1. The maximum absolute atomic E-state index is 13.1. The van der Waals surface area contributed by atoms with Crippen LogP contribution >= 0.6 is 0 Å². The van der Waals surface area contributed by atoms with E-state index in [1.54, 1.807) is 19.2 Å². The second-order valence-electron chi connectivity index (χ2n) is 3.07. The Morgan fingerprint density at radius 3 is 2.87 bits per heavy atom. The van der Waals surface area contributed by atoms with E-state index in [1.807, 2.05) is 0 Å². The molecule has 1 rings (SSSR count). The van der Waals surface area contributed by atoms with E-state index in [0.29, 0.717) is 13.2 Å². The first-order valence-corrected chi connectivity index (χ1v) is 4.73. The fourth-order valence-electron chi connectivity index (χ4n) is 1.16. The molecule has 0 aliphatic rings. The van der Waals surface area contributed by atoms with Crippen LogP contribution in [0.15, 0.2) is 24.3 Å². The smallest absolute Gasteiger partial charge is 0.179 e. The number of hydrogen-bond donors (Lipinski definition) is 1. The minimum Gasteiger partial charge on any atom is -0.383 e. The molecule has 1 aromatic rings. The molecule has 0 aromatic heterocycles. The molecule has 0 atom stereocenters. The molecular formula is C11H14FNO2. The predicted octanol–water partition coefficient (Wildman–Crippen LogP) is 1.24. The lowest BCUT2D eigenvalue weighted by atomic mass is 10.1. The van der Waals surface area contributed by atoms with Crippen LogP contribution in [0.4, 0.5) is 4.39 Å². The Bertz CT molecular complexity index is 328. The number of halogens is 1. The van der Waals surface area contributed by atoms with Crippen LogP contribution in [0, 0.1) is 5.82 Å². The van der Waals surface area contributed by atoms with Gasteiger partial charge in [-0.3, -0.25) is 4.79 Å². The normalized spacial score (nSPS) is 10.3. The van der Waals surface area contributed by atoms with Crippen LogP contribution < -0.4 is 5.32 Å². The molecule has 0 unspecified atom stereocenters. The topological polar surface area (TPSA) is 38.3 Å². The number of rotatable bonds is 6. The number of ether oxygens (including phenoxy) is 1. The van der Waals surface area contributed by atoms with Crippen LogP contribution in [0.2, 0.25) is 0 Å². The SMILES string of the molecule is COCCNCC(=O)c1ccccc1F. The second-order valence-corrected chi connectivity index (χ2v) is 3.07. The highest BCUT2D eigenvalue weighted by Crippen LogP contribution is 2.06. The van der Waals surface area contributed by atoms with E-state index in [-0.39, 0.29) is 17.9 Å². The summed E-state index contributed by atoms with van der Waals surface area (Å²) in [7, 11) is 1.58. The Hall–Kier alpha value is -1.26. The van der Waals surface area contributed by atoms with Gasteiger partial charge in [0.2, 0.25) is 0 Å². The van der Waals surface area contributed by atoms with Gasteiger partial charge >= 0.3 is 0 Å². The van der Waals surface area contributed by atoms with E-state index < -0.39 is 5.82 Å². The molecule has 1 N–H and O–H groups in total. The van der Waals surface area contributed by atoms with E-state index in [0.717, 1.165) is 0 Å². The van der Waals surface area contributed by atoms with Gasteiger partial charge in [0, 0.05) is 13.7 Å². The molecule has 82 valence electrons. The molecule has 3 nitrogen and oxygen atoms in total. The van der Waals surface area contributed by atoms with Crippen LogP contribution in [0.25, 0.3) is 0 Å². The molecule has 0 bridgehead atoms. The Morgan fingerprint density at radius 2 is 2.20 bits per heavy atom. The lowest BCUT2D eigenvalue weighted by molar-refractivity contribution is 0.0984. The molecule has 0 saturated heterocycles. The Balaban J connectivity index is 2.44. The Labute approximate surface area is 88.2 Å². The zero-order valence-corrected chi connectivity index (χ0v) is 8.63. The predicted molar refractivity (Wildman–Crippen MR) is 55.5 cm³/mol. The number of carbonyl (C=O) groups excluding carboxylic acids is 1. The fourth-order valence-corrected chi connectivity index (χ4v) is 1.16. The standard InChI is InChI=1S/C11H14FNO2/c1-15-7-6-13-8-11(14)9-4-2-3-5-10(9)12/h2-5,13H,6-8H2,1H3. The summed E-state index contributed by atoms with van der Waals surface area (Å²) >= 11 is 0. The largest absolute Gasteiger partial charge is 0.383 e. The molecule has 1 aromatic carbocycles. The minimum atomic E-state index is -0.476. The average Bonchev–Trinajstić information content (AvgIpc) is 2.25. The van der Waals surface area contributed by atoms with Gasteiger partial charge in [0.25, 0.3) is 0 Å². The van der Waals surface area contributed by atoms with Crippen LogP contribution in [-0.4, -0.2) is 32.6 Å². The summed E-state index contributed by atoms with van der Waals surface area (Å²) in [5.74, 6) is -0.722. The quantitative estimate of drug-likeness (QED) is 0.568. The number of hydrogen-bond acceptors (Lipinski definition) is 3. The van der Waals surface area contributed by atoms with Gasteiger partial charge in [0.05, 0.1) is 18.7 Å². The molecule has 15 heavy (non-hydrogen) atoms. The summed E-state index contributed by atoms with van der Waals surface area (Å²) in [6, 6.07) is 5.97. The van der Waals surface area contributed by atoms with Crippen molar-refractivity contribution in [2.75, 3.05) is 26.8 Å². The van der Waals surface area contributed by atoms with Gasteiger partial charge in [-0.2, -0.15) is 0 Å². The van der Waals surface area contributed by atoms with Crippen LogP contribution in [-0.2, 0) is 4.74 Å². The van der Waals surface area contributed by atoms with E-state index in [4.69, 9.17) is 4.74 Å². The molecule has 0 fully saturated rings. The first-order chi connectivity index (χ1) is 7.25. The van der Waals surface area contributed by atoms with Crippen molar-refractivity contribution in [1.82, 2.24) is 5.32 Å². The molecule has 0 aliphatic carbocycles. The number of carbonyl (C=O) groups is 1. The average molecular weight is 211 g/mol. The van der Waals surface area contributed by atoms with Crippen molar-refractivity contribution in [2.24, 2.45) is 0 Å². The van der Waals surface area contributed by atoms with Crippen molar-refractivity contribution in [1.29, 1.82) is 0 Å². The first-order valence-electron chi connectivity index (χ1n) is 4.73. The highest BCUT2D eigenvalue weighted by molar-refractivity contribution is 5.97. The van der Waals surface area contributed by atoms with Gasteiger partial charge in [-0.25, -0.2) is 4.39 Å². The van der Waals surface area contributed by atoms with E-state index >= 15 is 0 Å². The molecule has 0 amide bonds. The van der Waals surface area contributed by atoms with Crippen molar-refractivity contribution in [3.63, 3.8) is 0 Å². The summed E-state index contributed by atoms with van der Waals surface area (Å²) in [6.45, 7) is 1.24. The number of nitrogens with one attached hydrogen (secondary N) is 1. The molecule has 4 heteroatoms. The molecule has 0 heterocycles. The highest BCUT2D eigenvalue weighted by Gasteiger charge is 2.09. The molecule has 0 saturated carbocycles. The third-order valence-corrected chi connectivity index (χ3v) is 1.94. The lowest BCUT2D eigenvalue weighted by Gasteiger charge is -2.04. The van der Waals surface area contributed by atoms with Gasteiger partial charge in [-0.15, -0.1) is 0 Å². The minimum absolute atomic E-state index is 0.127. The fraction of sp³-hybridized carbons (Fsp3) is 0.364. The molecule has 0 aliphatic heterocycles. The van der Waals surface area contributed by atoms with Crippen LogP contribution in [0.3, 0.4) is 0 Å². The number of ketones is 1. The summed E-state index contributed by atoms with van der Waals surface area (Å²) in [5.41, 5.74) is 0.127. The van der Waals surface area contributed by atoms with E-state index in [9.17, 15) is 9.18 Å². The molecule has 0 spiro atoms. The maximum Gasteiger partial charge on any atom is 0.179 e. The van der Waals surface area contributed by atoms with Crippen LogP contribution in [0.5, 0.6) is 0 Å². The molecule has 0 radical (unpaired) electrons. The third kappa shape index (κ3) is 3.77. The van der Waals surface area contributed by atoms with Crippen molar-refractivity contribution in [3.8, 4) is 0 Å². The maximum atomic E-state index is 13.1. The third-order valence-electron chi connectivity index (χ3n) is 1.94.